The summed E-state index contributed by atoms with van der Waals surface area (Å²) in [5.74, 6) is 1.64. The van der Waals surface area contributed by atoms with E-state index in [9.17, 15) is 4.79 Å². The molecule has 0 amide bonds. The molecule has 1 aromatic carbocycles. The van der Waals surface area contributed by atoms with E-state index in [-0.39, 0.29) is 12.3 Å². The van der Waals surface area contributed by atoms with Crippen molar-refractivity contribution in [1.82, 2.24) is 0 Å². The second-order valence-electron chi connectivity index (χ2n) is 8.90. The lowest BCUT2D eigenvalue weighted by Gasteiger charge is -2.40. The maximum Gasteiger partial charge on any atom is 0.321 e. The van der Waals surface area contributed by atoms with Gasteiger partial charge >= 0.3 is 5.97 Å². The molecule has 28 heavy (non-hydrogen) atoms. The van der Waals surface area contributed by atoms with Crippen molar-refractivity contribution in [2.24, 2.45) is 17.3 Å². The van der Waals surface area contributed by atoms with Gasteiger partial charge in [-0.2, -0.15) is 0 Å². The number of esters is 1. The quantitative estimate of drug-likeness (QED) is 0.455. The lowest BCUT2D eigenvalue weighted by molar-refractivity contribution is -0.250. The van der Waals surface area contributed by atoms with E-state index in [0.29, 0.717) is 24.9 Å². The molecule has 0 aromatic heterocycles. The Hall–Kier alpha value is -1.39. The van der Waals surface area contributed by atoms with Gasteiger partial charge in [-0.3, -0.25) is 4.79 Å². The molecular formula is C24H36O4. The molecule has 1 saturated carbocycles. The number of carbonyl (C=O) groups excluding carboxylic acids is 1. The van der Waals surface area contributed by atoms with Crippen LogP contribution >= 0.6 is 0 Å². The summed E-state index contributed by atoms with van der Waals surface area (Å²) in [5, 5.41) is 0. The van der Waals surface area contributed by atoms with Crippen LogP contribution in [0.3, 0.4) is 0 Å². The van der Waals surface area contributed by atoms with E-state index in [0.717, 1.165) is 18.8 Å². The van der Waals surface area contributed by atoms with Crippen molar-refractivity contribution in [1.29, 1.82) is 0 Å². The highest BCUT2D eigenvalue weighted by Crippen LogP contribution is 2.37. The van der Waals surface area contributed by atoms with Gasteiger partial charge in [-0.15, -0.1) is 0 Å². The summed E-state index contributed by atoms with van der Waals surface area (Å²) in [6.07, 6.45) is 9.46. The summed E-state index contributed by atoms with van der Waals surface area (Å²) in [5.41, 5.74) is 0.507. The fraction of sp³-hybridized carbons (Fsp3) is 0.708. The molecule has 4 nitrogen and oxygen atoms in total. The Morgan fingerprint density at radius 2 is 1.68 bits per heavy atom. The van der Waals surface area contributed by atoms with Gasteiger partial charge in [0.1, 0.15) is 11.2 Å². The standard InChI is InChI=1S/C24H36O4/c1-4-6-18-8-12-20(13-9-18)22-26-16-24(3,17-27-22)23(25)28-21-14-10-19(7-5-2)11-15-21/h10-11,14-15,18,20,22H,4-9,12-13,16-17H2,1-3H3/t18-,20-,22?,24?. The van der Waals surface area contributed by atoms with E-state index < -0.39 is 5.41 Å². The molecule has 0 unspecified atom stereocenters. The van der Waals surface area contributed by atoms with E-state index in [1.54, 1.807) is 0 Å². The Balaban J connectivity index is 1.48. The summed E-state index contributed by atoms with van der Waals surface area (Å²) in [6.45, 7) is 7.01. The van der Waals surface area contributed by atoms with Crippen molar-refractivity contribution in [3.8, 4) is 5.75 Å². The highest BCUT2D eigenvalue weighted by molar-refractivity contribution is 5.79. The molecule has 2 aliphatic rings. The molecule has 0 spiro atoms. The van der Waals surface area contributed by atoms with Gasteiger partial charge in [0.05, 0.1) is 13.2 Å². The average Bonchev–Trinajstić information content (AvgIpc) is 2.71. The van der Waals surface area contributed by atoms with Gasteiger partial charge in [0.15, 0.2) is 6.29 Å². The van der Waals surface area contributed by atoms with Crippen molar-refractivity contribution in [2.45, 2.75) is 78.4 Å². The van der Waals surface area contributed by atoms with Gasteiger partial charge in [0.2, 0.25) is 0 Å². The van der Waals surface area contributed by atoms with Crippen LogP contribution in [0.1, 0.15) is 71.3 Å². The molecule has 1 aliphatic carbocycles. The summed E-state index contributed by atoms with van der Waals surface area (Å²) in [7, 11) is 0. The predicted octanol–water partition coefficient (Wildman–Crippen LogP) is 5.53. The Morgan fingerprint density at radius 3 is 2.25 bits per heavy atom. The maximum absolute atomic E-state index is 12.7. The second kappa shape index (κ2) is 9.89. The number of hydrogen-bond acceptors (Lipinski definition) is 4. The molecule has 4 heteroatoms. The van der Waals surface area contributed by atoms with Crippen LogP contribution in [-0.2, 0) is 20.7 Å². The summed E-state index contributed by atoms with van der Waals surface area (Å²) in [6, 6.07) is 7.78. The van der Waals surface area contributed by atoms with Crippen molar-refractivity contribution < 1.29 is 19.0 Å². The molecule has 1 heterocycles. The Labute approximate surface area is 169 Å². The molecule has 0 atom stereocenters. The largest absolute Gasteiger partial charge is 0.426 e. The number of aryl methyl sites for hydroxylation is 1. The molecule has 1 saturated heterocycles. The third-order valence-electron chi connectivity index (χ3n) is 6.27. The van der Waals surface area contributed by atoms with E-state index in [2.05, 4.69) is 13.8 Å². The number of carbonyl (C=O) groups is 1. The maximum atomic E-state index is 12.7. The Kier molecular flexibility index (Phi) is 7.53. The zero-order valence-corrected chi connectivity index (χ0v) is 17.7. The molecule has 0 N–H and O–H groups in total. The minimum atomic E-state index is -0.752. The smallest absolute Gasteiger partial charge is 0.321 e. The molecule has 2 fully saturated rings. The lowest BCUT2D eigenvalue weighted by atomic mass is 9.79. The molecule has 0 radical (unpaired) electrons. The number of hydrogen-bond donors (Lipinski definition) is 0. The van der Waals surface area contributed by atoms with Crippen molar-refractivity contribution in [2.75, 3.05) is 13.2 Å². The molecule has 156 valence electrons. The zero-order chi connectivity index (χ0) is 20.0. The van der Waals surface area contributed by atoms with Crippen LogP contribution < -0.4 is 4.74 Å². The first-order valence-corrected chi connectivity index (χ1v) is 11.1. The Morgan fingerprint density at radius 1 is 1.04 bits per heavy atom. The predicted molar refractivity (Wildman–Crippen MR) is 110 cm³/mol. The van der Waals surface area contributed by atoms with Gasteiger partial charge in [-0.1, -0.05) is 45.2 Å². The van der Waals surface area contributed by atoms with Gasteiger partial charge in [0.25, 0.3) is 0 Å². The van der Waals surface area contributed by atoms with Gasteiger partial charge < -0.3 is 14.2 Å². The molecule has 0 bridgehead atoms. The van der Waals surface area contributed by atoms with Crippen molar-refractivity contribution in [3.63, 3.8) is 0 Å². The average molecular weight is 389 g/mol. The molecule has 1 aromatic rings. The lowest BCUT2D eigenvalue weighted by Crippen LogP contribution is -2.49. The van der Waals surface area contributed by atoms with Crippen LogP contribution in [0, 0.1) is 17.3 Å². The van der Waals surface area contributed by atoms with Gasteiger partial charge in [-0.05, 0) is 62.6 Å². The summed E-state index contributed by atoms with van der Waals surface area (Å²) in [4.78, 5) is 12.7. The third-order valence-corrected chi connectivity index (χ3v) is 6.27. The van der Waals surface area contributed by atoms with Crippen LogP contribution in [-0.4, -0.2) is 25.5 Å². The van der Waals surface area contributed by atoms with Gasteiger partial charge in [-0.25, -0.2) is 0 Å². The zero-order valence-electron chi connectivity index (χ0n) is 17.7. The van der Waals surface area contributed by atoms with Crippen LogP contribution in [0.15, 0.2) is 24.3 Å². The fourth-order valence-corrected chi connectivity index (χ4v) is 4.41. The fourth-order valence-electron chi connectivity index (χ4n) is 4.41. The second-order valence-corrected chi connectivity index (χ2v) is 8.90. The first-order chi connectivity index (χ1) is 13.5. The van der Waals surface area contributed by atoms with Crippen molar-refractivity contribution in [3.05, 3.63) is 29.8 Å². The molecular weight excluding hydrogens is 352 g/mol. The minimum Gasteiger partial charge on any atom is -0.426 e. The van der Waals surface area contributed by atoms with E-state index in [1.165, 1.54) is 44.1 Å². The summed E-state index contributed by atoms with van der Waals surface area (Å²) < 4.78 is 17.6. The number of rotatable bonds is 7. The molecule has 1 aliphatic heterocycles. The van der Waals surface area contributed by atoms with Crippen LogP contribution in [0.5, 0.6) is 5.75 Å². The van der Waals surface area contributed by atoms with Crippen LogP contribution in [0.25, 0.3) is 0 Å². The highest BCUT2D eigenvalue weighted by atomic mass is 16.7. The minimum absolute atomic E-state index is 0.170. The number of ether oxygens (including phenoxy) is 3. The highest BCUT2D eigenvalue weighted by Gasteiger charge is 2.43. The summed E-state index contributed by atoms with van der Waals surface area (Å²) >= 11 is 0. The van der Waals surface area contributed by atoms with Gasteiger partial charge in [0, 0.05) is 5.92 Å². The van der Waals surface area contributed by atoms with Crippen molar-refractivity contribution >= 4 is 5.97 Å². The van der Waals surface area contributed by atoms with Crippen LogP contribution in [0.2, 0.25) is 0 Å². The first-order valence-electron chi connectivity index (χ1n) is 11.1. The SMILES string of the molecule is CCCc1ccc(OC(=O)C2(C)COC([C@H]3CC[C@H](CCC)CC3)OC2)cc1. The number of benzene rings is 1. The molecule has 3 rings (SSSR count). The van der Waals surface area contributed by atoms with E-state index in [1.807, 2.05) is 31.2 Å². The Bertz CT molecular complexity index is 608. The van der Waals surface area contributed by atoms with E-state index in [4.69, 9.17) is 14.2 Å². The normalized spacial score (nSPS) is 30.8. The third kappa shape index (κ3) is 5.36. The monoisotopic (exact) mass is 388 g/mol. The topological polar surface area (TPSA) is 44.8 Å². The van der Waals surface area contributed by atoms with Crippen LogP contribution in [0.4, 0.5) is 0 Å². The first kappa shape index (κ1) is 21.3. The van der Waals surface area contributed by atoms with E-state index >= 15 is 0 Å².